The predicted molar refractivity (Wildman–Crippen MR) is 81.7 cm³/mol. The third-order valence-electron chi connectivity index (χ3n) is 4.05. The fraction of sp³-hybridized carbons (Fsp3) is 0.714. The molecule has 0 bridgehead atoms. The maximum absolute atomic E-state index is 13.0. The maximum atomic E-state index is 13.0. The Bertz CT molecular complexity index is 708. The van der Waals surface area contributed by atoms with E-state index < -0.39 is 60.4 Å². The minimum absolute atomic E-state index is 0.0383. The van der Waals surface area contributed by atoms with Gasteiger partial charge in [0.15, 0.2) is 0 Å². The van der Waals surface area contributed by atoms with E-state index in [4.69, 9.17) is 29.9 Å². The van der Waals surface area contributed by atoms with Gasteiger partial charge in [0, 0.05) is 6.42 Å². The number of aromatic amines is 1. The average Bonchev–Trinajstić information content (AvgIpc) is 3.14. The highest BCUT2D eigenvalue weighted by Crippen LogP contribution is 2.27. The topological polar surface area (TPSA) is 174 Å². The molecular weight excluding hydrogens is 359 g/mol. The normalized spacial score (nSPS) is 33.8. The number of ether oxygens (including phenoxy) is 2. The summed E-state index contributed by atoms with van der Waals surface area (Å²) in [4.78, 5) is 24.0. The van der Waals surface area contributed by atoms with Crippen LogP contribution < -0.4 is 11.2 Å². The SMILES string of the molecule is O=c1[nH]c(=O)n([C@H]2C[C@H](O)[C@@H](CO)O2)cc1F.OC[C@H]1OC[C@H](O)[C@@H]1O. The molecule has 6 N–H and O–H groups in total. The van der Waals surface area contributed by atoms with Crippen LogP contribution in [0.5, 0.6) is 0 Å². The fourth-order valence-electron chi connectivity index (χ4n) is 2.55. The van der Waals surface area contributed by atoms with Gasteiger partial charge in [-0.15, -0.1) is 0 Å². The van der Waals surface area contributed by atoms with Crippen LogP contribution >= 0.6 is 0 Å². The molecule has 2 aliphatic heterocycles. The number of nitrogens with zero attached hydrogens (tertiary/aromatic N) is 1. The Kier molecular flexibility index (Phi) is 7.00. The molecule has 0 spiro atoms. The molecule has 1 aromatic rings. The van der Waals surface area contributed by atoms with Crippen molar-refractivity contribution in [1.29, 1.82) is 0 Å². The summed E-state index contributed by atoms with van der Waals surface area (Å²) in [6, 6.07) is 0. The van der Waals surface area contributed by atoms with Crippen LogP contribution in [0.4, 0.5) is 4.39 Å². The molecule has 0 aromatic carbocycles. The molecule has 6 atom stereocenters. The zero-order valence-corrected chi connectivity index (χ0v) is 13.6. The quantitative estimate of drug-likeness (QED) is 0.310. The smallest absolute Gasteiger partial charge is 0.330 e. The summed E-state index contributed by atoms with van der Waals surface area (Å²) >= 11 is 0. The summed E-state index contributed by atoms with van der Waals surface area (Å²) in [6.45, 7) is -0.525. The lowest BCUT2D eigenvalue weighted by molar-refractivity contribution is -0.0462. The van der Waals surface area contributed by atoms with E-state index in [0.717, 1.165) is 10.8 Å². The van der Waals surface area contributed by atoms with Crippen molar-refractivity contribution in [3.63, 3.8) is 0 Å². The summed E-state index contributed by atoms with van der Waals surface area (Å²) in [7, 11) is 0. The van der Waals surface area contributed by atoms with Gasteiger partial charge in [0.2, 0.25) is 5.82 Å². The largest absolute Gasteiger partial charge is 0.394 e. The van der Waals surface area contributed by atoms with Gasteiger partial charge in [-0.1, -0.05) is 0 Å². The third kappa shape index (κ3) is 4.54. The predicted octanol–water partition coefficient (Wildman–Crippen LogP) is -3.58. The number of nitrogens with one attached hydrogen (secondary N) is 1. The summed E-state index contributed by atoms with van der Waals surface area (Å²) in [6.07, 6.45) is -4.25. The minimum Gasteiger partial charge on any atom is -0.394 e. The monoisotopic (exact) mass is 380 g/mol. The second-order valence-electron chi connectivity index (χ2n) is 5.87. The van der Waals surface area contributed by atoms with Crippen molar-refractivity contribution in [2.45, 2.75) is 43.2 Å². The summed E-state index contributed by atoms with van der Waals surface area (Å²) in [5.74, 6) is -1.12. The molecule has 0 radical (unpaired) electrons. The molecule has 2 aliphatic rings. The first-order valence-corrected chi connectivity index (χ1v) is 7.82. The molecule has 0 unspecified atom stereocenters. The Hall–Kier alpha value is -1.67. The van der Waals surface area contributed by atoms with Crippen molar-refractivity contribution in [2.75, 3.05) is 19.8 Å². The molecule has 11 nitrogen and oxygen atoms in total. The van der Waals surface area contributed by atoms with Gasteiger partial charge in [0.05, 0.1) is 32.1 Å². The zero-order chi connectivity index (χ0) is 19.4. The number of hydrogen-bond donors (Lipinski definition) is 6. The van der Waals surface area contributed by atoms with E-state index in [1.807, 2.05) is 0 Å². The first-order chi connectivity index (χ1) is 12.3. The second kappa shape index (κ2) is 8.81. The van der Waals surface area contributed by atoms with E-state index in [-0.39, 0.29) is 19.6 Å². The maximum Gasteiger partial charge on any atom is 0.330 e. The molecule has 2 saturated heterocycles. The van der Waals surface area contributed by atoms with E-state index in [0.29, 0.717) is 0 Å². The summed E-state index contributed by atoms with van der Waals surface area (Å²) in [5.41, 5.74) is -1.93. The first-order valence-electron chi connectivity index (χ1n) is 7.82. The van der Waals surface area contributed by atoms with Crippen LogP contribution in [-0.4, -0.2) is 85.4 Å². The molecule has 12 heteroatoms. The van der Waals surface area contributed by atoms with Crippen molar-refractivity contribution in [3.05, 3.63) is 32.9 Å². The molecule has 3 heterocycles. The van der Waals surface area contributed by atoms with Gasteiger partial charge < -0.3 is 35.0 Å². The van der Waals surface area contributed by atoms with E-state index in [1.54, 1.807) is 4.98 Å². The fourth-order valence-corrected chi connectivity index (χ4v) is 2.55. The van der Waals surface area contributed by atoms with E-state index in [9.17, 15) is 19.1 Å². The second-order valence-corrected chi connectivity index (χ2v) is 5.87. The molecule has 2 fully saturated rings. The lowest BCUT2D eigenvalue weighted by atomic mass is 10.2. The highest BCUT2D eigenvalue weighted by molar-refractivity contribution is 4.91. The Labute approximate surface area is 145 Å². The average molecular weight is 380 g/mol. The van der Waals surface area contributed by atoms with Gasteiger partial charge in [0.1, 0.15) is 30.6 Å². The van der Waals surface area contributed by atoms with E-state index in [1.165, 1.54) is 0 Å². The number of aromatic nitrogens is 2. The van der Waals surface area contributed by atoms with Gasteiger partial charge >= 0.3 is 5.69 Å². The van der Waals surface area contributed by atoms with Gasteiger partial charge in [-0.3, -0.25) is 14.3 Å². The van der Waals surface area contributed by atoms with Crippen LogP contribution in [-0.2, 0) is 9.47 Å². The van der Waals surface area contributed by atoms with Crippen LogP contribution in [0.1, 0.15) is 12.6 Å². The standard InChI is InChI=1S/C9H11FN2O5.C5H10O4/c10-4-2-12(9(16)11-8(4)15)7-1-5(14)6(3-13)17-7;6-1-4-5(8)3(7)2-9-4/h2,5-7,13-14H,1,3H2,(H,11,15,16);3-8H,1-2H2/t5-,6+,7+;3-,4+,5-/m00/s1. The van der Waals surface area contributed by atoms with Crippen LogP contribution in [0, 0.1) is 5.82 Å². The lowest BCUT2D eigenvalue weighted by Crippen LogP contribution is -2.34. The van der Waals surface area contributed by atoms with E-state index >= 15 is 0 Å². The molecule has 1 aromatic heterocycles. The van der Waals surface area contributed by atoms with Gasteiger partial charge in [-0.2, -0.15) is 4.39 Å². The Balaban J connectivity index is 0.000000228. The van der Waals surface area contributed by atoms with E-state index in [2.05, 4.69) is 0 Å². The molecule has 26 heavy (non-hydrogen) atoms. The van der Waals surface area contributed by atoms with Crippen molar-refractivity contribution >= 4 is 0 Å². The van der Waals surface area contributed by atoms with Gasteiger partial charge in [0.25, 0.3) is 5.56 Å². The minimum atomic E-state index is -1.12. The van der Waals surface area contributed by atoms with Gasteiger partial charge in [-0.25, -0.2) is 4.79 Å². The van der Waals surface area contributed by atoms with Crippen LogP contribution in [0.2, 0.25) is 0 Å². The Morgan fingerprint density at radius 2 is 1.81 bits per heavy atom. The van der Waals surface area contributed by atoms with Gasteiger partial charge in [-0.05, 0) is 0 Å². The van der Waals surface area contributed by atoms with Crippen LogP contribution in [0.25, 0.3) is 0 Å². The molecule has 0 aliphatic carbocycles. The number of aliphatic hydroxyl groups is 5. The number of rotatable bonds is 3. The number of aliphatic hydroxyl groups excluding tert-OH is 5. The van der Waals surface area contributed by atoms with Crippen molar-refractivity contribution in [3.8, 4) is 0 Å². The molecule has 0 saturated carbocycles. The Morgan fingerprint density at radius 1 is 1.15 bits per heavy atom. The van der Waals surface area contributed by atoms with Crippen LogP contribution in [0.3, 0.4) is 0 Å². The number of hydrogen-bond acceptors (Lipinski definition) is 9. The number of halogens is 1. The molecule has 3 rings (SSSR count). The first kappa shape index (κ1) is 20.6. The molecule has 0 amide bonds. The van der Waals surface area contributed by atoms with Crippen molar-refractivity contribution < 1.29 is 39.4 Å². The molecular formula is C14H21FN2O9. The Morgan fingerprint density at radius 3 is 2.27 bits per heavy atom. The number of H-pyrrole nitrogens is 1. The zero-order valence-electron chi connectivity index (χ0n) is 13.6. The third-order valence-corrected chi connectivity index (χ3v) is 4.05. The van der Waals surface area contributed by atoms with Crippen molar-refractivity contribution in [2.24, 2.45) is 0 Å². The highest BCUT2D eigenvalue weighted by Gasteiger charge is 2.35. The van der Waals surface area contributed by atoms with Crippen molar-refractivity contribution in [1.82, 2.24) is 9.55 Å². The lowest BCUT2D eigenvalue weighted by Gasteiger charge is -2.13. The summed E-state index contributed by atoms with van der Waals surface area (Å²) < 4.78 is 23.8. The summed E-state index contributed by atoms with van der Waals surface area (Å²) in [5, 5.41) is 44.5. The molecule has 148 valence electrons. The highest BCUT2D eigenvalue weighted by atomic mass is 19.1. The van der Waals surface area contributed by atoms with Crippen LogP contribution in [0.15, 0.2) is 15.8 Å².